The molecule has 0 aliphatic rings. The van der Waals surface area contributed by atoms with Gasteiger partial charge in [-0.3, -0.25) is 9.69 Å². The van der Waals surface area contributed by atoms with E-state index in [0.717, 1.165) is 0 Å². The molecule has 0 radical (unpaired) electrons. The van der Waals surface area contributed by atoms with E-state index in [1.54, 1.807) is 6.07 Å². The lowest BCUT2D eigenvalue weighted by Gasteiger charge is -2.25. The van der Waals surface area contributed by atoms with Crippen molar-refractivity contribution in [1.29, 1.82) is 0 Å². The minimum Gasteiger partial charge on any atom is -0.465 e. The monoisotopic (exact) mass is 282 g/mol. The van der Waals surface area contributed by atoms with Crippen LogP contribution in [0.4, 0.5) is 4.39 Å². The molecule has 0 fully saturated rings. The fourth-order valence-electron chi connectivity index (χ4n) is 1.79. The fraction of sp³-hybridized carbons (Fsp3) is 0.429. The van der Waals surface area contributed by atoms with Crippen LogP contribution in [0.3, 0.4) is 0 Å². The van der Waals surface area contributed by atoms with Crippen LogP contribution in [0.2, 0.25) is 0 Å². The number of nitrogens with zero attached hydrogens (tertiary/aromatic N) is 1. The van der Waals surface area contributed by atoms with Gasteiger partial charge in [0.15, 0.2) is 0 Å². The van der Waals surface area contributed by atoms with Gasteiger partial charge in [-0.05, 0) is 31.5 Å². The Hall–Kier alpha value is -1.95. The zero-order valence-electron chi connectivity index (χ0n) is 11.9. The summed E-state index contributed by atoms with van der Waals surface area (Å²) in [5, 5.41) is 0. The third-order valence-electron chi connectivity index (χ3n) is 2.91. The van der Waals surface area contributed by atoms with E-state index in [1.165, 1.54) is 19.2 Å². The van der Waals surface area contributed by atoms with E-state index in [-0.39, 0.29) is 18.2 Å². The quantitative estimate of drug-likeness (QED) is 0.798. The molecule has 0 bridgehead atoms. The van der Waals surface area contributed by atoms with E-state index in [0.29, 0.717) is 12.1 Å². The number of hydrogen-bond acceptors (Lipinski definition) is 4. The number of methoxy groups -OCH3 is 1. The van der Waals surface area contributed by atoms with E-state index in [9.17, 15) is 14.0 Å². The smallest absolute Gasteiger partial charge is 0.340 e. The molecule has 0 heterocycles. The van der Waals surface area contributed by atoms with E-state index in [2.05, 4.69) is 4.74 Å². The molecule has 1 aromatic carbocycles. The molecule has 0 aliphatic carbocycles. The molecular formula is C14H19FN2O3. The largest absolute Gasteiger partial charge is 0.465 e. The lowest BCUT2D eigenvalue weighted by molar-refractivity contribution is -0.119. The van der Waals surface area contributed by atoms with Crippen molar-refractivity contribution in [1.82, 2.24) is 4.90 Å². The maximum absolute atomic E-state index is 13.8. The molecule has 2 N–H and O–H groups in total. The zero-order chi connectivity index (χ0) is 15.3. The number of amides is 1. The van der Waals surface area contributed by atoms with Gasteiger partial charge in [-0.2, -0.15) is 0 Å². The van der Waals surface area contributed by atoms with E-state index >= 15 is 0 Å². The summed E-state index contributed by atoms with van der Waals surface area (Å²) < 4.78 is 18.3. The van der Waals surface area contributed by atoms with Gasteiger partial charge < -0.3 is 10.5 Å². The summed E-state index contributed by atoms with van der Waals surface area (Å²) in [5.41, 5.74) is 5.73. The molecule has 0 atom stereocenters. The lowest BCUT2D eigenvalue weighted by atomic mass is 10.1. The number of ether oxygens (including phenoxy) is 1. The van der Waals surface area contributed by atoms with Crippen LogP contribution in [0, 0.1) is 5.82 Å². The number of hydrogen-bond donors (Lipinski definition) is 1. The number of rotatable bonds is 6. The van der Waals surface area contributed by atoms with Crippen LogP contribution in [0.25, 0.3) is 0 Å². The fourth-order valence-corrected chi connectivity index (χ4v) is 1.79. The Morgan fingerprint density at radius 3 is 2.50 bits per heavy atom. The normalized spacial score (nSPS) is 10.9. The third kappa shape index (κ3) is 4.31. The minimum atomic E-state index is -0.716. The molecule has 110 valence electrons. The molecule has 0 unspecified atom stereocenters. The van der Waals surface area contributed by atoms with E-state index in [4.69, 9.17) is 5.73 Å². The van der Waals surface area contributed by atoms with Crippen molar-refractivity contribution in [3.8, 4) is 0 Å². The first-order chi connectivity index (χ1) is 9.35. The van der Waals surface area contributed by atoms with Gasteiger partial charge in [-0.1, -0.05) is 6.07 Å². The Morgan fingerprint density at radius 1 is 1.40 bits per heavy atom. The van der Waals surface area contributed by atoms with Crippen LogP contribution >= 0.6 is 0 Å². The second kappa shape index (κ2) is 7.00. The molecule has 5 nitrogen and oxygen atoms in total. The number of carbonyl (C=O) groups is 2. The van der Waals surface area contributed by atoms with Crippen LogP contribution in [-0.2, 0) is 16.1 Å². The molecular weight excluding hydrogens is 263 g/mol. The average molecular weight is 282 g/mol. The van der Waals surface area contributed by atoms with Gasteiger partial charge in [0, 0.05) is 12.6 Å². The van der Waals surface area contributed by atoms with Crippen molar-refractivity contribution in [2.45, 2.75) is 26.4 Å². The molecule has 0 spiro atoms. The number of halogens is 1. The summed E-state index contributed by atoms with van der Waals surface area (Å²) in [5.74, 6) is -1.80. The van der Waals surface area contributed by atoms with Crippen molar-refractivity contribution in [2.75, 3.05) is 13.7 Å². The first-order valence-corrected chi connectivity index (χ1v) is 6.24. The van der Waals surface area contributed by atoms with Gasteiger partial charge in [0.25, 0.3) is 0 Å². The number of carbonyl (C=O) groups excluding carboxylic acids is 2. The summed E-state index contributed by atoms with van der Waals surface area (Å²) in [6.45, 7) is 4.31. The second-order valence-electron chi connectivity index (χ2n) is 4.77. The first kappa shape index (κ1) is 16.1. The van der Waals surface area contributed by atoms with Crippen LogP contribution in [0.5, 0.6) is 0 Å². The molecule has 1 amide bonds. The maximum atomic E-state index is 13.8. The topological polar surface area (TPSA) is 72.6 Å². The number of nitrogens with two attached hydrogens (primary N) is 1. The summed E-state index contributed by atoms with van der Waals surface area (Å²) in [6, 6.07) is 4.36. The van der Waals surface area contributed by atoms with E-state index in [1.807, 2.05) is 18.7 Å². The molecule has 0 saturated carbocycles. The minimum absolute atomic E-state index is 0.0887. The predicted octanol–water partition coefficient (Wildman–Crippen LogP) is 1.31. The summed E-state index contributed by atoms with van der Waals surface area (Å²) in [6.07, 6.45) is 0. The van der Waals surface area contributed by atoms with Crippen molar-refractivity contribution in [3.63, 3.8) is 0 Å². The van der Waals surface area contributed by atoms with Crippen LogP contribution in [0.1, 0.15) is 29.8 Å². The number of primary amides is 1. The Balaban J connectivity index is 2.89. The zero-order valence-corrected chi connectivity index (χ0v) is 11.9. The lowest BCUT2D eigenvalue weighted by Crippen LogP contribution is -2.38. The van der Waals surface area contributed by atoms with Gasteiger partial charge in [0.2, 0.25) is 5.91 Å². The molecule has 6 heteroatoms. The summed E-state index contributed by atoms with van der Waals surface area (Å²) in [4.78, 5) is 24.1. The van der Waals surface area contributed by atoms with Crippen molar-refractivity contribution < 1.29 is 18.7 Å². The average Bonchev–Trinajstić information content (AvgIpc) is 2.36. The highest BCUT2D eigenvalue weighted by Crippen LogP contribution is 2.14. The summed E-state index contributed by atoms with van der Waals surface area (Å²) >= 11 is 0. The highest BCUT2D eigenvalue weighted by atomic mass is 19.1. The third-order valence-corrected chi connectivity index (χ3v) is 2.91. The van der Waals surface area contributed by atoms with Gasteiger partial charge in [0.1, 0.15) is 5.82 Å². The van der Waals surface area contributed by atoms with E-state index < -0.39 is 17.7 Å². The Labute approximate surface area is 117 Å². The SMILES string of the molecule is COC(=O)c1ccc(CN(CC(N)=O)C(C)C)cc1F. The first-order valence-electron chi connectivity index (χ1n) is 6.24. The van der Waals surface area contributed by atoms with Gasteiger partial charge >= 0.3 is 5.97 Å². The Morgan fingerprint density at radius 2 is 2.05 bits per heavy atom. The highest BCUT2D eigenvalue weighted by molar-refractivity contribution is 5.89. The molecule has 20 heavy (non-hydrogen) atoms. The van der Waals surface area contributed by atoms with Gasteiger partial charge in [-0.25, -0.2) is 9.18 Å². The van der Waals surface area contributed by atoms with Crippen molar-refractivity contribution in [3.05, 3.63) is 35.1 Å². The Bertz CT molecular complexity index is 503. The second-order valence-corrected chi connectivity index (χ2v) is 4.77. The summed E-state index contributed by atoms with van der Waals surface area (Å²) in [7, 11) is 1.20. The standard InChI is InChI=1S/C14H19FN2O3/c1-9(2)17(8-13(16)18)7-10-4-5-11(12(15)6-10)14(19)20-3/h4-6,9H,7-8H2,1-3H3,(H2,16,18). The molecule has 0 saturated heterocycles. The van der Waals surface area contributed by atoms with Crippen molar-refractivity contribution in [2.24, 2.45) is 5.73 Å². The van der Waals surface area contributed by atoms with Crippen molar-refractivity contribution >= 4 is 11.9 Å². The van der Waals surface area contributed by atoms with Crippen LogP contribution in [-0.4, -0.2) is 36.5 Å². The van der Waals surface area contributed by atoms with Crippen LogP contribution < -0.4 is 5.73 Å². The molecule has 0 aliphatic heterocycles. The number of benzene rings is 1. The maximum Gasteiger partial charge on any atom is 0.340 e. The van der Waals surface area contributed by atoms with Gasteiger partial charge in [-0.15, -0.1) is 0 Å². The number of esters is 1. The highest BCUT2D eigenvalue weighted by Gasteiger charge is 2.16. The van der Waals surface area contributed by atoms with Crippen LogP contribution in [0.15, 0.2) is 18.2 Å². The Kier molecular flexibility index (Phi) is 5.64. The molecule has 1 aromatic rings. The van der Waals surface area contributed by atoms with Gasteiger partial charge in [0.05, 0.1) is 19.2 Å². The molecule has 0 aromatic heterocycles. The molecule has 1 rings (SSSR count). The predicted molar refractivity (Wildman–Crippen MR) is 72.5 cm³/mol.